The number of rotatable bonds is 6. The molecule has 0 aliphatic rings. The molecule has 5 rings (SSSR count). The van der Waals surface area contributed by atoms with Crippen LogP contribution in [0.25, 0.3) is 32.0 Å². The summed E-state index contributed by atoms with van der Waals surface area (Å²) >= 11 is 3.40. The number of fused-ring (bicyclic) bond motifs is 1. The molecule has 0 unspecified atom stereocenters. The maximum Gasteiger partial charge on any atom is 0.184 e. The van der Waals surface area contributed by atoms with Crippen LogP contribution in [0.15, 0.2) is 78.2 Å². The number of nitrogens with zero attached hydrogens (tertiary/aromatic N) is 2. The van der Waals surface area contributed by atoms with E-state index >= 15 is 0 Å². The maximum absolute atomic E-state index is 4.81. The monoisotopic (exact) mass is 427 g/mol. The molecule has 1 N–H and O–H groups in total. The molecule has 0 aliphatic heterocycles. The van der Waals surface area contributed by atoms with Gasteiger partial charge in [-0.15, -0.1) is 11.3 Å². The van der Waals surface area contributed by atoms with Crippen LogP contribution in [0.3, 0.4) is 0 Å². The highest BCUT2D eigenvalue weighted by Crippen LogP contribution is 2.30. The van der Waals surface area contributed by atoms with E-state index in [-0.39, 0.29) is 0 Å². The van der Waals surface area contributed by atoms with Crippen molar-refractivity contribution in [2.24, 2.45) is 0 Å². The zero-order valence-electron chi connectivity index (χ0n) is 16.6. The summed E-state index contributed by atoms with van der Waals surface area (Å²) in [6.07, 6.45) is 1.05. The Morgan fingerprint density at radius 3 is 2.43 bits per heavy atom. The van der Waals surface area contributed by atoms with Crippen LogP contribution in [-0.2, 0) is 13.0 Å². The van der Waals surface area contributed by atoms with Gasteiger partial charge in [0.25, 0.3) is 0 Å². The molecule has 3 nitrogen and oxygen atoms in total. The molecule has 148 valence electrons. The van der Waals surface area contributed by atoms with Crippen LogP contribution in [-0.4, -0.2) is 9.97 Å². The number of aryl methyl sites for hydroxylation is 1. The van der Waals surface area contributed by atoms with E-state index in [0.29, 0.717) is 0 Å². The first-order valence-electron chi connectivity index (χ1n) is 10.0. The number of hydrogen-bond acceptors (Lipinski definition) is 5. The quantitative estimate of drug-likeness (QED) is 0.310. The van der Waals surface area contributed by atoms with Crippen molar-refractivity contribution >= 4 is 38.0 Å². The van der Waals surface area contributed by atoms with Crippen molar-refractivity contribution in [1.82, 2.24) is 9.97 Å². The van der Waals surface area contributed by atoms with Crippen LogP contribution in [0.5, 0.6) is 0 Å². The van der Waals surface area contributed by atoms with Crippen LogP contribution in [0.2, 0.25) is 0 Å². The molecule has 5 heteroatoms. The summed E-state index contributed by atoms with van der Waals surface area (Å²) in [6.45, 7) is 2.94. The molecule has 0 saturated heterocycles. The van der Waals surface area contributed by atoms with Crippen molar-refractivity contribution in [1.29, 1.82) is 0 Å². The Hall–Kier alpha value is -3.02. The Kier molecular flexibility index (Phi) is 5.30. The van der Waals surface area contributed by atoms with E-state index in [0.717, 1.165) is 45.4 Å². The molecular formula is C25H21N3S2. The average Bonchev–Trinajstić information content (AvgIpc) is 3.45. The zero-order chi connectivity index (χ0) is 20.3. The smallest absolute Gasteiger partial charge is 0.184 e. The number of nitrogens with one attached hydrogen (secondary N) is 1. The van der Waals surface area contributed by atoms with Gasteiger partial charge in [0, 0.05) is 23.1 Å². The fourth-order valence-electron chi connectivity index (χ4n) is 3.36. The molecule has 3 aromatic carbocycles. The highest BCUT2D eigenvalue weighted by atomic mass is 32.1. The molecule has 0 amide bonds. The number of benzene rings is 3. The lowest BCUT2D eigenvalue weighted by molar-refractivity contribution is 1.14. The van der Waals surface area contributed by atoms with Crippen LogP contribution < -0.4 is 5.32 Å². The van der Waals surface area contributed by atoms with Crippen LogP contribution in [0.4, 0.5) is 5.13 Å². The first kappa shape index (κ1) is 19.0. The third kappa shape index (κ3) is 3.99. The first-order chi connectivity index (χ1) is 14.8. The molecule has 0 saturated carbocycles. The molecular weight excluding hydrogens is 406 g/mol. The molecule has 0 fully saturated rings. The Morgan fingerprint density at radius 2 is 1.63 bits per heavy atom. The van der Waals surface area contributed by atoms with Crippen LogP contribution >= 0.6 is 22.7 Å². The van der Waals surface area contributed by atoms with Crippen molar-refractivity contribution in [3.63, 3.8) is 0 Å². The van der Waals surface area contributed by atoms with Gasteiger partial charge in [0.1, 0.15) is 5.01 Å². The number of aromatic nitrogens is 2. The minimum absolute atomic E-state index is 0.758. The molecule has 0 spiro atoms. The van der Waals surface area contributed by atoms with E-state index in [1.54, 1.807) is 22.7 Å². The minimum atomic E-state index is 0.758. The van der Waals surface area contributed by atoms with Gasteiger partial charge in [0.05, 0.1) is 15.9 Å². The van der Waals surface area contributed by atoms with Crippen molar-refractivity contribution in [2.45, 2.75) is 19.9 Å². The van der Waals surface area contributed by atoms with Crippen LogP contribution in [0, 0.1) is 0 Å². The lowest BCUT2D eigenvalue weighted by Gasteiger charge is -2.04. The van der Waals surface area contributed by atoms with E-state index in [9.17, 15) is 0 Å². The van der Waals surface area contributed by atoms with Gasteiger partial charge in [-0.2, -0.15) is 0 Å². The largest absolute Gasteiger partial charge is 0.357 e. The van der Waals surface area contributed by atoms with E-state index in [1.165, 1.54) is 15.8 Å². The molecule has 2 heterocycles. The van der Waals surface area contributed by atoms with Gasteiger partial charge in [-0.1, -0.05) is 78.9 Å². The summed E-state index contributed by atoms with van der Waals surface area (Å²) in [5, 5.41) is 7.60. The standard InChI is InChI=1S/C25H21N3S2/c1-2-17-10-13-21-23(14-17)30-25(28-21)26-15-18-8-11-20(12-9-18)24-27-22(16-29-24)19-6-4-3-5-7-19/h3-14,16H,2,15H2,1H3,(H,26,28). The first-order valence-corrected chi connectivity index (χ1v) is 11.7. The average molecular weight is 428 g/mol. The van der Waals surface area contributed by atoms with Crippen LogP contribution in [0.1, 0.15) is 18.1 Å². The highest BCUT2D eigenvalue weighted by Gasteiger charge is 2.08. The Balaban J connectivity index is 1.27. The van der Waals surface area contributed by atoms with E-state index in [4.69, 9.17) is 9.97 Å². The summed E-state index contributed by atoms with van der Waals surface area (Å²) in [7, 11) is 0. The van der Waals surface area contributed by atoms with Crippen molar-refractivity contribution in [2.75, 3.05) is 5.32 Å². The Labute approximate surface area is 184 Å². The third-order valence-electron chi connectivity index (χ3n) is 5.08. The molecule has 30 heavy (non-hydrogen) atoms. The highest BCUT2D eigenvalue weighted by molar-refractivity contribution is 7.22. The topological polar surface area (TPSA) is 37.8 Å². The number of hydrogen-bond donors (Lipinski definition) is 1. The lowest BCUT2D eigenvalue weighted by atomic mass is 10.1. The van der Waals surface area contributed by atoms with E-state index < -0.39 is 0 Å². The Bertz CT molecular complexity index is 1270. The van der Waals surface area contributed by atoms with E-state index in [1.807, 2.05) is 18.2 Å². The van der Waals surface area contributed by atoms with E-state index in [2.05, 4.69) is 72.2 Å². The second-order valence-corrected chi connectivity index (χ2v) is 9.02. The predicted octanol–water partition coefficient (Wildman–Crippen LogP) is 7.26. The van der Waals surface area contributed by atoms with Crippen molar-refractivity contribution in [3.8, 4) is 21.8 Å². The number of thiazole rings is 2. The molecule has 0 aliphatic carbocycles. The lowest BCUT2D eigenvalue weighted by Crippen LogP contribution is -1.98. The van der Waals surface area contributed by atoms with Gasteiger partial charge in [-0.3, -0.25) is 0 Å². The normalized spacial score (nSPS) is 11.1. The SMILES string of the molecule is CCc1ccc2nc(NCc3ccc(-c4nc(-c5ccccc5)cs4)cc3)sc2c1. The van der Waals surface area contributed by atoms with Gasteiger partial charge in [-0.05, 0) is 29.7 Å². The van der Waals surface area contributed by atoms with Crippen molar-refractivity contribution < 1.29 is 0 Å². The van der Waals surface area contributed by atoms with Gasteiger partial charge in [0.15, 0.2) is 5.13 Å². The Morgan fingerprint density at radius 1 is 0.833 bits per heavy atom. The van der Waals surface area contributed by atoms with Gasteiger partial charge in [0.2, 0.25) is 0 Å². The van der Waals surface area contributed by atoms with Gasteiger partial charge < -0.3 is 5.32 Å². The molecule has 0 atom stereocenters. The zero-order valence-corrected chi connectivity index (χ0v) is 18.3. The summed E-state index contributed by atoms with van der Waals surface area (Å²) < 4.78 is 1.24. The second kappa shape index (κ2) is 8.38. The molecule has 5 aromatic rings. The third-order valence-corrected chi connectivity index (χ3v) is 6.95. The second-order valence-electron chi connectivity index (χ2n) is 7.13. The molecule has 2 aromatic heterocycles. The van der Waals surface area contributed by atoms with Gasteiger partial charge >= 0.3 is 0 Å². The fourth-order valence-corrected chi connectivity index (χ4v) is 5.12. The van der Waals surface area contributed by atoms with Gasteiger partial charge in [-0.25, -0.2) is 9.97 Å². The minimum Gasteiger partial charge on any atom is -0.357 e. The van der Waals surface area contributed by atoms with Crippen molar-refractivity contribution in [3.05, 3.63) is 89.3 Å². The molecule has 0 radical (unpaired) electrons. The summed E-state index contributed by atoms with van der Waals surface area (Å²) in [5.74, 6) is 0. The number of anilines is 1. The molecule has 0 bridgehead atoms. The summed E-state index contributed by atoms with van der Waals surface area (Å²) in [4.78, 5) is 9.51. The predicted molar refractivity (Wildman–Crippen MR) is 129 cm³/mol. The maximum atomic E-state index is 4.81. The summed E-state index contributed by atoms with van der Waals surface area (Å²) in [6, 6.07) is 25.4. The fraction of sp³-hybridized carbons (Fsp3) is 0.120. The summed E-state index contributed by atoms with van der Waals surface area (Å²) in [5.41, 5.74) is 6.98.